The molecule has 1 aromatic rings. The van der Waals surface area contributed by atoms with Gasteiger partial charge < -0.3 is 20.7 Å². The van der Waals surface area contributed by atoms with Crippen LogP contribution >= 0.6 is 0 Å². The number of amides is 3. The fraction of sp³-hybridized carbons (Fsp3) is 0.625. The third-order valence-electron chi connectivity index (χ3n) is 5.46. The summed E-state index contributed by atoms with van der Waals surface area (Å²) < 4.78 is 5.37. The van der Waals surface area contributed by atoms with E-state index in [1.54, 1.807) is 27.8 Å². The maximum absolute atomic E-state index is 13.2. The summed E-state index contributed by atoms with van der Waals surface area (Å²) >= 11 is 0. The van der Waals surface area contributed by atoms with Gasteiger partial charge in [-0.2, -0.15) is 0 Å². The maximum atomic E-state index is 13.2. The molecule has 172 valence electrons. The molecular weight excluding hydrogens is 394 g/mol. The molecule has 31 heavy (non-hydrogen) atoms. The van der Waals surface area contributed by atoms with Gasteiger partial charge in [-0.3, -0.25) is 9.59 Å². The fourth-order valence-corrected chi connectivity index (χ4v) is 3.94. The Hall–Kier alpha value is -2.57. The Labute approximate surface area is 185 Å². The van der Waals surface area contributed by atoms with Gasteiger partial charge in [0.15, 0.2) is 0 Å². The third-order valence-corrected chi connectivity index (χ3v) is 5.46. The van der Waals surface area contributed by atoms with Gasteiger partial charge in [-0.15, -0.1) is 0 Å². The average Bonchev–Trinajstić information content (AvgIpc) is 2.72. The first-order valence-electron chi connectivity index (χ1n) is 11.2. The molecular formula is C24H37N3O4. The molecule has 0 aromatic heterocycles. The molecule has 1 aliphatic carbocycles. The van der Waals surface area contributed by atoms with Crippen LogP contribution in [-0.4, -0.2) is 42.6 Å². The van der Waals surface area contributed by atoms with Crippen molar-refractivity contribution < 1.29 is 19.1 Å². The van der Waals surface area contributed by atoms with Crippen LogP contribution in [0.25, 0.3) is 0 Å². The molecule has 1 aliphatic rings. The highest BCUT2D eigenvalue weighted by atomic mass is 16.6. The van der Waals surface area contributed by atoms with Gasteiger partial charge in [0.2, 0.25) is 11.8 Å². The SMILES string of the molecule is CNC(=O)[C@@H](Cc1ccccc1)NC(=O)[C@@H](CC1CCCCC1)NC(=O)OC(C)(C)C. The van der Waals surface area contributed by atoms with E-state index < -0.39 is 23.8 Å². The van der Waals surface area contributed by atoms with Gasteiger partial charge in [0.05, 0.1) is 0 Å². The molecule has 1 aromatic carbocycles. The van der Waals surface area contributed by atoms with Crippen molar-refractivity contribution >= 4 is 17.9 Å². The molecule has 0 bridgehead atoms. The van der Waals surface area contributed by atoms with Gasteiger partial charge in [-0.25, -0.2) is 4.79 Å². The van der Waals surface area contributed by atoms with Gasteiger partial charge in [0, 0.05) is 13.5 Å². The molecule has 0 aliphatic heterocycles. The fourth-order valence-electron chi connectivity index (χ4n) is 3.94. The molecule has 7 nitrogen and oxygen atoms in total. The highest BCUT2D eigenvalue weighted by molar-refractivity contribution is 5.91. The average molecular weight is 432 g/mol. The molecule has 2 rings (SSSR count). The van der Waals surface area contributed by atoms with Crippen LogP contribution in [0.3, 0.4) is 0 Å². The van der Waals surface area contributed by atoms with Crippen LogP contribution in [0, 0.1) is 5.92 Å². The summed E-state index contributed by atoms with van der Waals surface area (Å²) in [6, 6.07) is 8.06. The van der Waals surface area contributed by atoms with Crippen molar-refractivity contribution in [2.75, 3.05) is 7.05 Å². The standard InChI is InChI=1S/C24H37N3O4/c1-24(2,3)31-23(30)27-20(16-18-13-9-6-10-14-18)22(29)26-19(21(28)25-4)15-17-11-7-5-8-12-17/h5,7-8,11-12,18-20H,6,9-10,13-16H2,1-4H3,(H,25,28)(H,26,29)(H,27,30)/t19-,20-/m1/s1. The lowest BCUT2D eigenvalue weighted by molar-refractivity contribution is -0.130. The normalized spacial score (nSPS) is 16.6. The summed E-state index contributed by atoms with van der Waals surface area (Å²) in [6.07, 6.45) is 5.86. The number of hydrogen-bond acceptors (Lipinski definition) is 4. The van der Waals surface area contributed by atoms with Gasteiger partial charge in [-0.05, 0) is 38.7 Å². The molecule has 1 saturated carbocycles. The molecule has 7 heteroatoms. The van der Waals surface area contributed by atoms with E-state index >= 15 is 0 Å². The lowest BCUT2D eigenvalue weighted by Gasteiger charge is -2.29. The van der Waals surface area contributed by atoms with E-state index in [0.717, 1.165) is 31.2 Å². The highest BCUT2D eigenvalue weighted by Gasteiger charge is 2.30. The van der Waals surface area contributed by atoms with Crippen LogP contribution in [0.4, 0.5) is 4.79 Å². The summed E-state index contributed by atoms with van der Waals surface area (Å²) in [4.78, 5) is 38.0. The predicted molar refractivity (Wildman–Crippen MR) is 120 cm³/mol. The minimum Gasteiger partial charge on any atom is -0.444 e. The minimum absolute atomic E-state index is 0.272. The largest absolute Gasteiger partial charge is 0.444 e. The van der Waals surface area contributed by atoms with Crippen molar-refractivity contribution in [1.82, 2.24) is 16.0 Å². The van der Waals surface area contributed by atoms with Crippen molar-refractivity contribution in [2.45, 2.75) is 83.4 Å². The summed E-state index contributed by atoms with van der Waals surface area (Å²) in [5.41, 5.74) is 0.286. The number of carbonyl (C=O) groups excluding carboxylic acids is 3. The Morgan fingerprint density at radius 2 is 1.61 bits per heavy atom. The van der Waals surface area contributed by atoms with Gasteiger partial charge >= 0.3 is 6.09 Å². The zero-order chi connectivity index (χ0) is 22.9. The maximum Gasteiger partial charge on any atom is 0.408 e. The molecule has 0 spiro atoms. The van der Waals surface area contributed by atoms with E-state index in [1.807, 2.05) is 30.3 Å². The lowest BCUT2D eigenvalue weighted by atomic mass is 9.84. The number of rotatable bonds is 8. The summed E-state index contributed by atoms with van der Waals surface area (Å²) in [7, 11) is 1.55. The minimum atomic E-state index is -0.749. The number of likely N-dealkylation sites (N-methyl/N-ethyl adjacent to an activating group) is 1. The first-order valence-corrected chi connectivity index (χ1v) is 11.2. The summed E-state index contributed by atoms with van der Waals surface area (Å²) in [5.74, 6) is -0.265. The number of benzene rings is 1. The van der Waals surface area contributed by atoms with Gasteiger partial charge in [-0.1, -0.05) is 62.4 Å². The molecule has 3 N–H and O–H groups in total. The Morgan fingerprint density at radius 3 is 2.19 bits per heavy atom. The number of hydrogen-bond donors (Lipinski definition) is 3. The first kappa shape index (κ1) is 24.7. The topological polar surface area (TPSA) is 96.5 Å². The van der Waals surface area contributed by atoms with Crippen LogP contribution in [0.5, 0.6) is 0 Å². The van der Waals surface area contributed by atoms with E-state index in [-0.39, 0.29) is 11.8 Å². The second-order valence-corrected chi connectivity index (χ2v) is 9.30. The summed E-state index contributed by atoms with van der Waals surface area (Å²) in [5, 5.41) is 8.21. The van der Waals surface area contributed by atoms with E-state index in [0.29, 0.717) is 18.8 Å². The molecule has 0 radical (unpaired) electrons. The monoisotopic (exact) mass is 431 g/mol. The molecule has 0 heterocycles. The Balaban J connectivity index is 2.11. The van der Waals surface area contributed by atoms with Crippen LogP contribution in [0.2, 0.25) is 0 Å². The van der Waals surface area contributed by atoms with Crippen molar-refractivity contribution in [3.63, 3.8) is 0 Å². The number of carbonyl (C=O) groups is 3. The number of alkyl carbamates (subject to hydrolysis) is 1. The molecule has 1 fully saturated rings. The van der Waals surface area contributed by atoms with E-state index in [1.165, 1.54) is 6.42 Å². The Morgan fingerprint density at radius 1 is 0.968 bits per heavy atom. The molecule has 3 amide bonds. The van der Waals surface area contributed by atoms with Crippen LogP contribution in [0.1, 0.15) is 64.9 Å². The van der Waals surface area contributed by atoms with Gasteiger partial charge in [0.1, 0.15) is 17.7 Å². The van der Waals surface area contributed by atoms with E-state index in [9.17, 15) is 14.4 Å². The second-order valence-electron chi connectivity index (χ2n) is 9.30. The van der Waals surface area contributed by atoms with Crippen LogP contribution in [0.15, 0.2) is 30.3 Å². The molecule has 2 atom stereocenters. The third kappa shape index (κ3) is 8.99. The van der Waals surface area contributed by atoms with Crippen molar-refractivity contribution in [3.8, 4) is 0 Å². The number of ether oxygens (including phenoxy) is 1. The highest BCUT2D eigenvalue weighted by Crippen LogP contribution is 2.27. The van der Waals surface area contributed by atoms with E-state index in [2.05, 4.69) is 16.0 Å². The Kier molecular flexibility index (Phi) is 9.34. The van der Waals surface area contributed by atoms with Crippen molar-refractivity contribution in [3.05, 3.63) is 35.9 Å². The van der Waals surface area contributed by atoms with Crippen LogP contribution in [-0.2, 0) is 20.7 Å². The molecule has 0 saturated heterocycles. The van der Waals surface area contributed by atoms with E-state index in [4.69, 9.17) is 4.74 Å². The number of nitrogens with one attached hydrogen (secondary N) is 3. The Bertz CT molecular complexity index is 724. The zero-order valence-electron chi connectivity index (χ0n) is 19.2. The quantitative estimate of drug-likeness (QED) is 0.588. The van der Waals surface area contributed by atoms with Gasteiger partial charge in [0.25, 0.3) is 0 Å². The predicted octanol–water partition coefficient (Wildman–Crippen LogP) is 3.32. The lowest BCUT2D eigenvalue weighted by Crippen LogP contribution is -2.55. The zero-order valence-corrected chi connectivity index (χ0v) is 19.2. The van der Waals surface area contributed by atoms with Crippen LogP contribution < -0.4 is 16.0 Å². The smallest absolute Gasteiger partial charge is 0.408 e. The van der Waals surface area contributed by atoms with Crippen molar-refractivity contribution in [1.29, 1.82) is 0 Å². The summed E-state index contributed by atoms with van der Waals surface area (Å²) in [6.45, 7) is 5.35. The molecule has 0 unspecified atom stereocenters. The second kappa shape index (κ2) is 11.7. The van der Waals surface area contributed by atoms with Crippen molar-refractivity contribution in [2.24, 2.45) is 5.92 Å². The first-order chi connectivity index (χ1) is 14.7.